The van der Waals surface area contributed by atoms with Gasteiger partial charge in [-0.1, -0.05) is 0 Å². The summed E-state index contributed by atoms with van der Waals surface area (Å²) in [5.41, 5.74) is 0. The van der Waals surface area contributed by atoms with Crippen molar-refractivity contribution in [1.29, 1.82) is 0 Å². The van der Waals surface area contributed by atoms with Crippen LogP contribution in [-0.4, -0.2) is 52.3 Å². The molecule has 1 amide bonds. The quantitative estimate of drug-likeness (QED) is 0.553. The van der Waals surface area contributed by atoms with Crippen LogP contribution < -0.4 is 5.32 Å². The average molecular weight is 423 g/mol. The molecule has 0 aromatic carbocycles. The van der Waals surface area contributed by atoms with Crippen molar-refractivity contribution in [1.82, 2.24) is 10.2 Å². The van der Waals surface area contributed by atoms with Crippen LogP contribution in [0.5, 0.6) is 0 Å². The molecule has 0 aromatic heterocycles. The number of rotatable bonds is 4. The standard InChI is InChI=1S/C9H15Br3N2O2/c10-9(11,12)8(15)13-2-1-3-14-4-6-16-7-5-14/h1-7H2,(H,13,15). The second kappa shape index (κ2) is 7.31. The van der Waals surface area contributed by atoms with Crippen LogP contribution in [0.1, 0.15) is 6.42 Å². The van der Waals surface area contributed by atoms with E-state index in [1.54, 1.807) is 0 Å². The number of morpholine rings is 1. The molecular weight excluding hydrogens is 408 g/mol. The summed E-state index contributed by atoms with van der Waals surface area (Å²) in [6.07, 6.45) is 0.953. The van der Waals surface area contributed by atoms with Gasteiger partial charge in [0.15, 0.2) is 0 Å². The Kier molecular flexibility index (Phi) is 6.80. The van der Waals surface area contributed by atoms with Gasteiger partial charge in [0.2, 0.25) is 2.14 Å². The Labute approximate surface area is 121 Å². The van der Waals surface area contributed by atoms with Crippen LogP contribution in [0.4, 0.5) is 0 Å². The van der Waals surface area contributed by atoms with Gasteiger partial charge >= 0.3 is 0 Å². The third-order valence-electron chi connectivity index (χ3n) is 2.30. The van der Waals surface area contributed by atoms with Gasteiger partial charge in [0, 0.05) is 19.6 Å². The average Bonchev–Trinajstić information content (AvgIpc) is 2.24. The smallest absolute Gasteiger partial charge is 0.258 e. The van der Waals surface area contributed by atoms with E-state index in [9.17, 15) is 4.79 Å². The van der Waals surface area contributed by atoms with Gasteiger partial charge in [-0.2, -0.15) is 0 Å². The molecule has 0 spiro atoms. The van der Waals surface area contributed by atoms with Gasteiger partial charge in [-0.3, -0.25) is 9.69 Å². The molecule has 4 nitrogen and oxygen atoms in total. The van der Waals surface area contributed by atoms with Crippen LogP contribution in [0.25, 0.3) is 0 Å². The summed E-state index contributed by atoms with van der Waals surface area (Å²) < 4.78 is 4.42. The maximum absolute atomic E-state index is 11.4. The Balaban J connectivity index is 2.05. The molecule has 1 heterocycles. The summed E-state index contributed by atoms with van der Waals surface area (Å²) in [6, 6.07) is 0. The molecule has 1 saturated heterocycles. The van der Waals surface area contributed by atoms with E-state index in [0.717, 1.165) is 39.3 Å². The molecule has 7 heteroatoms. The molecule has 0 saturated carbocycles. The highest BCUT2D eigenvalue weighted by atomic mass is 80.0. The number of carbonyl (C=O) groups is 1. The van der Waals surface area contributed by atoms with Crippen LogP contribution >= 0.6 is 47.8 Å². The van der Waals surface area contributed by atoms with Gasteiger partial charge in [0.25, 0.3) is 5.91 Å². The fourth-order valence-corrected chi connectivity index (χ4v) is 1.85. The largest absolute Gasteiger partial charge is 0.379 e. The van der Waals surface area contributed by atoms with E-state index in [1.165, 1.54) is 0 Å². The second-order valence-electron chi connectivity index (χ2n) is 3.56. The highest BCUT2D eigenvalue weighted by Crippen LogP contribution is 2.33. The molecule has 94 valence electrons. The van der Waals surface area contributed by atoms with Crippen molar-refractivity contribution in [2.75, 3.05) is 39.4 Å². The number of nitrogens with zero attached hydrogens (tertiary/aromatic N) is 1. The number of hydrogen-bond acceptors (Lipinski definition) is 3. The third-order valence-corrected chi connectivity index (χ3v) is 3.38. The highest BCUT2D eigenvalue weighted by Gasteiger charge is 2.27. The Morgan fingerprint density at radius 1 is 1.31 bits per heavy atom. The number of hydrogen-bond donors (Lipinski definition) is 1. The summed E-state index contributed by atoms with van der Waals surface area (Å²) >= 11 is 9.50. The topological polar surface area (TPSA) is 41.6 Å². The first-order chi connectivity index (χ1) is 7.50. The van der Waals surface area contributed by atoms with Crippen LogP contribution in [0.15, 0.2) is 0 Å². The predicted molar refractivity (Wildman–Crippen MR) is 74.4 cm³/mol. The number of ether oxygens (including phenoxy) is 1. The Hall–Kier alpha value is 0.830. The Morgan fingerprint density at radius 2 is 1.94 bits per heavy atom. The molecule has 16 heavy (non-hydrogen) atoms. The van der Waals surface area contributed by atoms with Crippen molar-refractivity contribution < 1.29 is 9.53 Å². The monoisotopic (exact) mass is 420 g/mol. The van der Waals surface area contributed by atoms with Crippen molar-refractivity contribution in [2.45, 2.75) is 8.56 Å². The van der Waals surface area contributed by atoms with E-state index in [1.807, 2.05) is 0 Å². The predicted octanol–water partition coefficient (Wildman–Crippen LogP) is 1.66. The molecule has 0 aliphatic carbocycles. The first-order valence-corrected chi connectivity index (χ1v) is 7.53. The minimum atomic E-state index is -0.841. The Morgan fingerprint density at radius 3 is 2.50 bits per heavy atom. The van der Waals surface area contributed by atoms with Gasteiger partial charge in [0.05, 0.1) is 13.2 Å². The molecule has 1 fully saturated rings. The minimum Gasteiger partial charge on any atom is -0.379 e. The van der Waals surface area contributed by atoms with Crippen molar-refractivity contribution >= 4 is 53.7 Å². The molecule has 1 aliphatic heterocycles. The van der Waals surface area contributed by atoms with E-state index in [0.29, 0.717) is 6.54 Å². The van der Waals surface area contributed by atoms with Gasteiger partial charge in [-0.15, -0.1) is 0 Å². The number of nitrogens with one attached hydrogen (secondary N) is 1. The van der Waals surface area contributed by atoms with E-state index in [4.69, 9.17) is 4.74 Å². The van der Waals surface area contributed by atoms with Crippen LogP contribution in [0.3, 0.4) is 0 Å². The molecular formula is C9H15Br3N2O2. The van der Waals surface area contributed by atoms with E-state index in [2.05, 4.69) is 58.0 Å². The number of amides is 1. The van der Waals surface area contributed by atoms with Crippen molar-refractivity contribution in [3.05, 3.63) is 0 Å². The zero-order chi connectivity index (χ0) is 12.0. The molecule has 1 aliphatic rings. The summed E-state index contributed by atoms with van der Waals surface area (Å²) in [6.45, 7) is 5.31. The molecule has 0 radical (unpaired) electrons. The van der Waals surface area contributed by atoms with Crippen molar-refractivity contribution in [3.8, 4) is 0 Å². The van der Waals surface area contributed by atoms with E-state index >= 15 is 0 Å². The molecule has 0 atom stereocenters. The summed E-state index contributed by atoms with van der Waals surface area (Å²) in [5, 5.41) is 2.82. The lowest BCUT2D eigenvalue weighted by Crippen LogP contribution is -2.39. The van der Waals surface area contributed by atoms with Gasteiger partial charge < -0.3 is 10.1 Å². The van der Waals surface area contributed by atoms with Crippen LogP contribution in [0, 0.1) is 0 Å². The van der Waals surface area contributed by atoms with Crippen molar-refractivity contribution in [3.63, 3.8) is 0 Å². The van der Waals surface area contributed by atoms with Gasteiger partial charge in [0.1, 0.15) is 0 Å². The van der Waals surface area contributed by atoms with Gasteiger partial charge in [-0.05, 0) is 60.8 Å². The summed E-state index contributed by atoms with van der Waals surface area (Å²) in [7, 11) is 0. The molecule has 1 rings (SSSR count). The molecule has 0 bridgehead atoms. The Bertz CT molecular complexity index is 227. The van der Waals surface area contributed by atoms with E-state index < -0.39 is 2.14 Å². The number of halogens is 3. The zero-order valence-electron chi connectivity index (χ0n) is 8.85. The molecule has 0 aromatic rings. The molecule has 1 N–H and O–H groups in total. The van der Waals surface area contributed by atoms with Crippen LogP contribution in [-0.2, 0) is 9.53 Å². The minimum absolute atomic E-state index is 0.116. The highest BCUT2D eigenvalue weighted by molar-refractivity contribution is 9.40. The maximum Gasteiger partial charge on any atom is 0.258 e. The zero-order valence-corrected chi connectivity index (χ0v) is 13.6. The fraction of sp³-hybridized carbons (Fsp3) is 0.889. The second-order valence-corrected chi connectivity index (χ2v) is 10.3. The third kappa shape index (κ3) is 5.95. The lowest BCUT2D eigenvalue weighted by Gasteiger charge is -2.26. The summed E-state index contributed by atoms with van der Waals surface area (Å²) in [4.78, 5) is 13.8. The van der Waals surface area contributed by atoms with Crippen molar-refractivity contribution in [2.24, 2.45) is 0 Å². The fourth-order valence-electron chi connectivity index (χ4n) is 1.43. The van der Waals surface area contributed by atoms with E-state index in [-0.39, 0.29) is 5.91 Å². The SMILES string of the molecule is O=C(NCCCN1CCOCC1)C(Br)(Br)Br. The summed E-state index contributed by atoms with van der Waals surface area (Å²) in [5.74, 6) is -0.116. The lowest BCUT2D eigenvalue weighted by molar-refractivity contribution is -0.119. The van der Waals surface area contributed by atoms with Crippen LogP contribution in [0.2, 0.25) is 0 Å². The number of carbonyl (C=O) groups excluding carboxylic acids is 1. The maximum atomic E-state index is 11.4. The van der Waals surface area contributed by atoms with Gasteiger partial charge in [-0.25, -0.2) is 0 Å². The lowest BCUT2D eigenvalue weighted by atomic mass is 10.3. The first-order valence-electron chi connectivity index (χ1n) is 5.15. The first kappa shape index (κ1) is 14.9. The number of alkyl halides is 3. The molecule has 0 unspecified atom stereocenters. The normalized spacial score (nSPS) is 18.4.